The second kappa shape index (κ2) is 7.84. The van der Waals surface area contributed by atoms with Crippen LogP contribution in [0.2, 0.25) is 0 Å². The van der Waals surface area contributed by atoms with Gasteiger partial charge in [0.1, 0.15) is 5.60 Å². The van der Waals surface area contributed by atoms with Crippen molar-refractivity contribution in [1.29, 1.82) is 0 Å². The minimum atomic E-state index is -0.526. The van der Waals surface area contributed by atoms with Gasteiger partial charge in [0, 0.05) is 0 Å². The van der Waals surface area contributed by atoms with Crippen LogP contribution in [-0.4, -0.2) is 23.4 Å². The lowest BCUT2D eigenvalue weighted by molar-refractivity contribution is 0.0504. The zero-order chi connectivity index (χ0) is 15.9. The first-order valence-electron chi connectivity index (χ1n) is 7.13. The molecule has 0 heterocycles. The molecule has 1 amide bonds. The van der Waals surface area contributed by atoms with Crippen LogP contribution in [0.3, 0.4) is 0 Å². The molecule has 0 bridgehead atoms. The molecule has 0 spiro atoms. The summed E-state index contributed by atoms with van der Waals surface area (Å²) in [6, 6.07) is 9.54. The maximum Gasteiger partial charge on any atom is 0.408 e. The molecule has 1 aromatic rings. The van der Waals surface area contributed by atoms with Crippen molar-refractivity contribution in [1.82, 2.24) is 5.32 Å². The van der Waals surface area contributed by atoms with E-state index < -0.39 is 11.7 Å². The molecule has 0 saturated carbocycles. The Balaban J connectivity index is 2.80. The Kier molecular flexibility index (Phi) is 6.43. The fraction of sp³-hybridized carbons (Fsp3) is 0.471. The maximum atomic E-state index is 12.0. The normalized spacial score (nSPS) is 13.7. The van der Waals surface area contributed by atoms with Crippen LogP contribution in [0.15, 0.2) is 42.0 Å². The van der Waals surface area contributed by atoms with Gasteiger partial charge in [0.25, 0.3) is 0 Å². The molecule has 1 rings (SSSR count). The van der Waals surface area contributed by atoms with E-state index in [1.54, 1.807) is 0 Å². The number of hydrogen-bond acceptors (Lipinski definition) is 3. The molecule has 4 heteroatoms. The summed E-state index contributed by atoms with van der Waals surface area (Å²) in [5.74, 6) is 0. The van der Waals surface area contributed by atoms with E-state index >= 15 is 0 Å². The molecule has 0 fully saturated rings. The van der Waals surface area contributed by atoms with E-state index in [1.165, 1.54) is 0 Å². The van der Waals surface area contributed by atoms with Crippen molar-refractivity contribution in [2.75, 3.05) is 6.61 Å². The van der Waals surface area contributed by atoms with Crippen LogP contribution >= 0.6 is 0 Å². The van der Waals surface area contributed by atoms with Crippen molar-refractivity contribution in [3.8, 4) is 0 Å². The predicted molar refractivity (Wildman–Crippen MR) is 84.0 cm³/mol. The molecule has 2 N–H and O–H groups in total. The third kappa shape index (κ3) is 6.95. The van der Waals surface area contributed by atoms with Gasteiger partial charge < -0.3 is 15.2 Å². The number of aliphatic hydroxyl groups is 1. The first-order chi connectivity index (χ1) is 9.81. The standard InChI is InChI=1S/C17H25NO3/c1-13(12-19)10-11-15(14-8-6-5-7-9-14)18-16(20)21-17(2,3)4/h5-10,15,19H,11-12H2,1-4H3,(H,18,20)/b13-10-. The first kappa shape index (κ1) is 17.2. The average Bonchev–Trinajstić information content (AvgIpc) is 2.42. The van der Waals surface area contributed by atoms with Crippen molar-refractivity contribution in [3.05, 3.63) is 47.5 Å². The maximum absolute atomic E-state index is 12.0. The first-order valence-corrected chi connectivity index (χ1v) is 7.13. The molecule has 4 nitrogen and oxygen atoms in total. The fourth-order valence-electron chi connectivity index (χ4n) is 1.80. The van der Waals surface area contributed by atoms with Gasteiger partial charge in [-0.1, -0.05) is 42.0 Å². The summed E-state index contributed by atoms with van der Waals surface area (Å²) >= 11 is 0. The molecule has 1 atom stereocenters. The summed E-state index contributed by atoms with van der Waals surface area (Å²) < 4.78 is 5.30. The summed E-state index contributed by atoms with van der Waals surface area (Å²) in [7, 11) is 0. The van der Waals surface area contributed by atoms with E-state index in [2.05, 4.69) is 5.32 Å². The molecule has 21 heavy (non-hydrogen) atoms. The third-order valence-electron chi connectivity index (χ3n) is 2.84. The lowest BCUT2D eigenvalue weighted by Crippen LogP contribution is -2.34. The number of carbonyl (C=O) groups excluding carboxylic acids is 1. The van der Waals surface area contributed by atoms with Crippen molar-refractivity contribution in [3.63, 3.8) is 0 Å². The number of carbonyl (C=O) groups is 1. The van der Waals surface area contributed by atoms with E-state index in [-0.39, 0.29) is 12.6 Å². The lowest BCUT2D eigenvalue weighted by atomic mass is 10.0. The average molecular weight is 291 g/mol. The van der Waals surface area contributed by atoms with Crippen LogP contribution in [0, 0.1) is 0 Å². The number of alkyl carbamates (subject to hydrolysis) is 1. The zero-order valence-corrected chi connectivity index (χ0v) is 13.2. The summed E-state index contributed by atoms with van der Waals surface area (Å²) in [4.78, 5) is 12.0. The quantitative estimate of drug-likeness (QED) is 0.815. The van der Waals surface area contributed by atoms with Crippen molar-refractivity contribution < 1.29 is 14.6 Å². The van der Waals surface area contributed by atoms with Crippen LogP contribution in [-0.2, 0) is 4.74 Å². The largest absolute Gasteiger partial charge is 0.444 e. The molecule has 1 aromatic carbocycles. The Morgan fingerprint density at radius 2 is 1.95 bits per heavy atom. The van der Waals surface area contributed by atoms with E-state index in [1.807, 2.05) is 64.1 Å². The lowest BCUT2D eigenvalue weighted by Gasteiger charge is -2.23. The molecule has 0 aliphatic rings. The molecule has 0 aliphatic heterocycles. The minimum Gasteiger partial charge on any atom is -0.444 e. The van der Waals surface area contributed by atoms with Gasteiger partial charge in [-0.25, -0.2) is 4.79 Å². The van der Waals surface area contributed by atoms with E-state index in [0.717, 1.165) is 11.1 Å². The summed E-state index contributed by atoms with van der Waals surface area (Å²) in [6.07, 6.45) is 2.09. The van der Waals surface area contributed by atoms with Crippen LogP contribution in [0.1, 0.15) is 45.7 Å². The van der Waals surface area contributed by atoms with E-state index in [9.17, 15) is 4.79 Å². The summed E-state index contributed by atoms with van der Waals surface area (Å²) in [6.45, 7) is 7.38. The van der Waals surface area contributed by atoms with E-state index in [4.69, 9.17) is 9.84 Å². The molecular weight excluding hydrogens is 266 g/mol. The Morgan fingerprint density at radius 1 is 1.33 bits per heavy atom. The highest BCUT2D eigenvalue weighted by Crippen LogP contribution is 2.19. The number of nitrogens with one attached hydrogen (secondary N) is 1. The Bertz CT molecular complexity index is 475. The second-order valence-corrected chi connectivity index (χ2v) is 6.05. The molecule has 116 valence electrons. The van der Waals surface area contributed by atoms with Crippen LogP contribution < -0.4 is 5.32 Å². The van der Waals surface area contributed by atoms with E-state index in [0.29, 0.717) is 6.42 Å². The van der Waals surface area contributed by atoms with Crippen molar-refractivity contribution >= 4 is 6.09 Å². The number of ether oxygens (including phenoxy) is 1. The van der Waals surface area contributed by atoms with Gasteiger partial charge >= 0.3 is 6.09 Å². The van der Waals surface area contributed by atoms with Crippen LogP contribution in [0.4, 0.5) is 4.79 Å². The monoisotopic (exact) mass is 291 g/mol. The van der Waals surface area contributed by atoms with Gasteiger partial charge in [-0.3, -0.25) is 0 Å². The van der Waals surface area contributed by atoms with Crippen LogP contribution in [0.25, 0.3) is 0 Å². The number of amides is 1. The number of aliphatic hydroxyl groups excluding tert-OH is 1. The molecule has 0 aliphatic carbocycles. The Hall–Kier alpha value is -1.81. The molecule has 0 saturated heterocycles. The van der Waals surface area contributed by atoms with Gasteiger partial charge in [-0.05, 0) is 39.7 Å². The zero-order valence-electron chi connectivity index (χ0n) is 13.2. The fourth-order valence-corrected chi connectivity index (χ4v) is 1.80. The van der Waals surface area contributed by atoms with Gasteiger partial charge in [-0.2, -0.15) is 0 Å². The molecule has 1 unspecified atom stereocenters. The number of rotatable bonds is 5. The predicted octanol–water partition coefficient (Wildman–Crippen LogP) is 3.58. The van der Waals surface area contributed by atoms with Gasteiger partial charge in [-0.15, -0.1) is 0 Å². The third-order valence-corrected chi connectivity index (χ3v) is 2.84. The number of hydrogen-bond donors (Lipinski definition) is 2. The van der Waals surface area contributed by atoms with Crippen LogP contribution in [0.5, 0.6) is 0 Å². The van der Waals surface area contributed by atoms with Gasteiger partial charge in [0.05, 0.1) is 12.6 Å². The van der Waals surface area contributed by atoms with Gasteiger partial charge in [0.2, 0.25) is 0 Å². The smallest absolute Gasteiger partial charge is 0.408 e. The summed E-state index contributed by atoms with van der Waals surface area (Å²) in [5.41, 5.74) is 1.36. The minimum absolute atomic E-state index is 0.0218. The Labute approximate surface area is 126 Å². The molecular formula is C17H25NO3. The highest BCUT2D eigenvalue weighted by molar-refractivity contribution is 5.68. The van der Waals surface area contributed by atoms with Crippen molar-refractivity contribution in [2.24, 2.45) is 0 Å². The highest BCUT2D eigenvalue weighted by Gasteiger charge is 2.19. The molecule has 0 radical (unpaired) electrons. The SMILES string of the molecule is C/C(=C/CC(NC(=O)OC(C)(C)C)c1ccccc1)CO. The second-order valence-electron chi connectivity index (χ2n) is 6.05. The topological polar surface area (TPSA) is 58.6 Å². The highest BCUT2D eigenvalue weighted by atomic mass is 16.6. The Morgan fingerprint density at radius 3 is 2.48 bits per heavy atom. The summed E-state index contributed by atoms with van der Waals surface area (Å²) in [5, 5.41) is 12.0. The number of benzene rings is 1. The molecule has 0 aromatic heterocycles. The van der Waals surface area contributed by atoms with Gasteiger partial charge in [0.15, 0.2) is 0 Å². The van der Waals surface area contributed by atoms with Crippen molar-refractivity contribution in [2.45, 2.75) is 45.8 Å².